The quantitative estimate of drug-likeness (QED) is 0.449. The van der Waals surface area contributed by atoms with Gasteiger partial charge in [-0.2, -0.15) is 8.42 Å². The van der Waals surface area contributed by atoms with E-state index in [1.807, 2.05) is 0 Å². The minimum absolute atomic E-state index is 0.0209. The molecule has 0 radical (unpaired) electrons. The first-order valence-electron chi connectivity index (χ1n) is 6.29. The summed E-state index contributed by atoms with van der Waals surface area (Å²) < 4.78 is 33.9. The van der Waals surface area contributed by atoms with Crippen molar-refractivity contribution in [2.75, 3.05) is 13.2 Å². The highest BCUT2D eigenvalue weighted by Crippen LogP contribution is 2.16. The molecule has 7 heteroatoms. The van der Waals surface area contributed by atoms with Crippen LogP contribution in [-0.2, 0) is 23.8 Å². The molecule has 0 amide bonds. The summed E-state index contributed by atoms with van der Waals surface area (Å²) in [6.07, 6.45) is 1.26. The molecular weight excluding hydrogens is 296 g/mol. The van der Waals surface area contributed by atoms with E-state index in [2.05, 4.69) is 0 Å². The Balaban J connectivity index is 2.47. The van der Waals surface area contributed by atoms with E-state index in [4.69, 9.17) is 14.0 Å². The highest BCUT2D eigenvalue weighted by molar-refractivity contribution is 7.86. The van der Waals surface area contributed by atoms with E-state index in [1.54, 1.807) is 32.0 Å². The van der Waals surface area contributed by atoms with Crippen molar-refractivity contribution in [2.24, 2.45) is 0 Å². The van der Waals surface area contributed by atoms with Crippen molar-refractivity contribution < 1.29 is 27.2 Å². The molecule has 1 N–H and O–H groups in total. The summed E-state index contributed by atoms with van der Waals surface area (Å²) in [5.74, 6) is -0.550. The van der Waals surface area contributed by atoms with Gasteiger partial charge in [-0.1, -0.05) is 18.2 Å². The van der Waals surface area contributed by atoms with Gasteiger partial charge in [-0.05, 0) is 31.6 Å². The lowest BCUT2D eigenvalue weighted by molar-refractivity contribution is -0.136. The van der Waals surface area contributed by atoms with Crippen molar-refractivity contribution >= 4 is 16.1 Å². The number of carboxylic acids is 1. The SMILES string of the molecule is C/C(=C\CC(=O)O)OCCOS(=O)(=O)c1ccccc1C. The van der Waals surface area contributed by atoms with E-state index < -0.39 is 16.1 Å². The van der Waals surface area contributed by atoms with E-state index in [-0.39, 0.29) is 24.5 Å². The first-order valence-corrected chi connectivity index (χ1v) is 7.70. The Morgan fingerprint density at radius 1 is 1.29 bits per heavy atom. The smallest absolute Gasteiger partial charge is 0.307 e. The average molecular weight is 314 g/mol. The van der Waals surface area contributed by atoms with Crippen LogP contribution in [0, 0.1) is 6.92 Å². The van der Waals surface area contributed by atoms with Crippen LogP contribution in [-0.4, -0.2) is 32.7 Å². The maximum atomic E-state index is 11.9. The number of benzene rings is 1. The van der Waals surface area contributed by atoms with Crippen LogP contribution < -0.4 is 0 Å². The lowest BCUT2D eigenvalue weighted by Crippen LogP contribution is -2.12. The van der Waals surface area contributed by atoms with Gasteiger partial charge in [-0.3, -0.25) is 8.98 Å². The molecule has 0 bridgehead atoms. The molecule has 0 saturated carbocycles. The van der Waals surface area contributed by atoms with Crippen molar-refractivity contribution in [1.29, 1.82) is 0 Å². The standard InChI is InChI=1S/C14H18O6S/c1-11-5-3-4-6-13(11)21(17,18)20-10-9-19-12(2)7-8-14(15)16/h3-7H,8-10H2,1-2H3,(H,15,16)/b12-7+. The molecule has 0 aliphatic rings. The van der Waals surface area contributed by atoms with E-state index in [9.17, 15) is 13.2 Å². The van der Waals surface area contributed by atoms with Crippen molar-refractivity contribution in [3.63, 3.8) is 0 Å². The molecule has 1 aromatic carbocycles. The molecule has 0 atom stereocenters. The lowest BCUT2D eigenvalue weighted by Gasteiger charge is -2.09. The molecule has 0 unspecified atom stereocenters. The Hall–Kier alpha value is -1.86. The minimum atomic E-state index is -3.81. The maximum absolute atomic E-state index is 11.9. The van der Waals surface area contributed by atoms with Gasteiger partial charge in [0.1, 0.15) is 13.2 Å². The number of hydrogen-bond donors (Lipinski definition) is 1. The fraction of sp³-hybridized carbons (Fsp3) is 0.357. The molecule has 0 heterocycles. The fourth-order valence-corrected chi connectivity index (χ4v) is 2.66. The molecule has 0 spiro atoms. The van der Waals surface area contributed by atoms with E-state index in [1.165, 1.54) is 12.1 Å². The van der Waals surface area contributed by atoms with Crippen LogP contribution in [0.4, 0.5) is 0 Å². The molecule has 0 aliphatic heterocycles. The van der Waals surface area contributed by atoms with Crippen molar-refractivity contribution in [3.8, 4) is 0 Å². The van der Waals surface area contributed by atoms with Gasteiger partial charge < -0.3 is 9.84 Å². The second kappa shape index (κ2) is 7.80. The van der Waals surface area contributed by atoms with Crippen LogP contribution in [0.3, 0.4) is 0 Å². The molecule has 1 aromatic rings. The van der Waals surface area contributed by atoms with Crippen LogP contribution in [0.5, 0.6) is 0 Å². The summed E-state index contributed by atoms with van der Waals surface area (Å²) in [6.45, 7) is 3.16. The normalized spacial score (nSPS) is 12.2. The van der Waals surface area contributed by atoms with Crippen LogP contribution in [0.15, 0.2) is 41.0 Å². The van der Waals surface area contributed by atoms with Gasteiger partial charge in [0.15, 0.2) is 0 Å². The summed E-state index contributed by atoms with van der Waals surface area (Å²) in [5, 5.41) is 8.49. The van der Waals surface area contributed by atoms with E-state index in [0.29, 0.717) is 11.3 Å². The second-order valence-corrected chi connectivity index (χ2v) is 5.89. The molecule has 0 aromatic heterocycles. The summed E-state index contributed by atoms with van der Waals surface area (Å²) in [7, 11) is -3.81. The van der Waals surface area contributed by atoms with Gasteiger partial charge in [0, 0.05) is 0 Å². The van der Waals surface area contributed by atoms with Crippen molar-refractivity contribution in [2.45, 2.75) is 25.2 Å². The fourth-order valence-electron chi connectivity index (χ4n) is 1.54. The summed E-state index contributed by atoms with van der Waals surface area (Å²) in [4.78, 5) is 10.5. The Morgan fingerprint density at radius 2 is 1.95 bits per heavy atom. The molecule has 0 saturated heterocycles. The zero-order valence-corrected chi connectivity index (χ0v) is 12.7. The van der Waals surface area contributed by atoms with Gasteiger partial charge in [0.2, 0.25) is 0 Å². The number of carbonyl (C=O) groups is 1. The van der Waals surface area contributed by atoms with Crippen LogP contribution >= 0.6 is 0 Å². The molecule has 21 heavy (non-hydrogen) atoms. The first-order chi connectivity index (χ1) is 9.83. The predicted molar refractivity (Wildman–Crippen MR) is 76.3 cm³/mol. The second-order valence-electron chi connectivity index (χ2n) is 4.30. The number of aryl methyl sites for hydroxylation is 1. The Morgan fingerprint density at radius 3 is 2.57 bits per heavy atom. The molecule has 0 aliphatic carbocycles. The summed E-state index contributed by atoms with van der Waals surface area (Å²) in [6, 6.07) is 6.53. The number of ether oxygens (including phenoxy) is 1. The first kappa shape index (κ1) is 17.2. The molecule has 6 nitrogen and oxygen atoms in total. The van der Waals surface area contributed by atoms with Crippen molar-refractivity contribution in [3.05, 3.63) is 41.7 Å². The molecular formula is C14H18O6S. The largest absolute Gasteiger partial charge is 0.496 e. The van der Waals surface area contributed by atoms with Crippen LogP contribution in [0.2, 0.25) is 0 Å². The number of allylic oxidation sites excluding steroid dienone is 1. The van der Waals surface area contributed by atoms with Crippen molar-refractivity contribution in [1.82, 2.24) is 0 Å². The predicted octanol–water partition coefficient (Wildman–Crippen LogP) is 2.10. The number of carboxylic acid groups (broad SMARTS) is 1. The topological polar surface area (TPSA) is 89.9 Å². The van der Waals surface area contributed by atoms with Gasteiger partial charge in [0.05, 0.1) is 17.1 Å². The third-order valence-corrected chi connectivity index (χ3v) is 4.05. The maximum Gasteiger partial charge on any atom is 0.307 e. The Labute approximate surface area is 124 Å². The zero-order chi connectivity index (χ0) is 15.9. The highest BCUT2D eigenvalue weighted by atomic mass is 32.2. The minimum Gasteiger partial charge on any atom is -0.496 e. The summed E-state index contributed by atoms with van der Waals surface area (Å²) >= 11 is 0. The number of aliphatic carboxylic acids is 1. The van der Waals surface area contributed by atoms with Gasteiger partial charge in [0.25, 0.3) is 10.1 Å². The molecule has 116 valence electrons. The Bertz CT molecular complexity index is 618. The van der Waals surface area contributed by atoms with Gasteiger partial charge in [-0.25, -0.2) is 0 Å². The van der Waals surface area contributed by atoms with Gasteiger partial charge >= 0.3 is 5.97 Å². The van der Waals surface area contributed by atoms with Crippen LogP contribution in [0.1, 0.15) is 18.9 Å². The molecule has 1 rings (SSSR count). The Kier molecular flexibility index (Phi) is 6.39. The van der Waals surface area contributed by atoms with E-state index >= 15 is 0 Å². The number of rotatable bonds is 8. The zero-order valence-electron chi connectivity index (χ0n) is 11.9. The monoisotopic (exact) mass is 314 g/mol. The molecule has 0 fully saturated rings. The average Bonchev–Trinajstić information content (AvgIpc) is 2.41. The van der Waals surface area contributed by atoms with Crippen LogP contribution in [0.25, 0.3) is 0 Å². The number of hydrogen-bond acceptors (Lipinski definition) is 5. The highest BCUT2D eigenvalue weighted by Gasteiger charge is 2.16. The third kappa shape index (κ3) is 5.97. The summed E-state index contributed by atoms with van der Waals surface area (Å²) in [5.41, 5.74) is 0.607. The van der Waals surface area contributed by atoms with E-state index in [0.717, 1.165) is 0 Å². The lowest BCUT2D eigenvalue weighted by atomic mass is 10.2. The third-order valence-electron chi connectivity index (χ3n) is 2.58. The van der Waals surface area contributed by atoms with Gasteiger partial charge in [-0.15, -0.1) is 0 Å².